The van der Waals surface area contributed by atoms with Crippen LogP contribution in [0.5, 0.6) is 0 Å². The Labute approximate surface area is 109 Å². The van der Waals surface area contributed by atoms with Crippen molar-refractivity contribution in [3.63, 3.8) is 0 Å². The maximum Gasteiger partial charge on any atom is 0.0664 e. The summed E-state index contributed by atoms with van der Waals surface area (Å²) in [6.07, 6.45) is 0. The van der Waals surface area contributed by atoms with E-state index in [1.165, 1.54) is 0 Å². The van der Waals surface area contributed by atoms with Crippen molar-refractivity contribution in [1.82, 2.24) is 0 Å². The summed E-state index contributed by atoms with van der Waals surface area (Å²) in [6.45, 7) is 5.50. The van der Waals surface area contributed by atoms with Gasteiger partial charge in [0, 0.05) is 16.2 Å². The highest BCUT2D eigenvalue weighted by Gasteiger charge is 2.05. The first-order chi connectivity index (χ1) is 7.13. The van der Waals surface area contributed by atoms with E-state index in [2.05, 4.69) is 34.8 Å². The van der Waals surface area contributed by atoms with Crippen molar-refractivity contribution in [2.24, 2.45) is 0 Å². The van der Waals surface area contributed by atoms with Gasteiger partial charge >= 0.3 is 0 Å². The van der Waals surface area contributed by atoms with Gasteiger partial charge in [0.2, 0.25) is 0 Å². The van der Waals surface area contributed by atoms with E-state index in [0.29, 0.717) is 6.61 Å². The predicted octanol–water partition coefficient (Wildman–Crippen LogP) is 3.78. The molecule has 15 heavy (non-hydrogen) atoms. The molecule has 0 heterocycles. The van der Waals surface area contributed by atoms with Crippen molar-refractivity contribution < 1.29 is 4.74 Å². The summed E-state index contributed by atoms with van der Waals surface area (Å²) < 4.78 is 6.46. The van der Waals surface area contributed by atoms with E-state index in [-0.39, 0.29) is 6.04 Å². The molecule has 2 nitrogen and oxygen atoms in total. The van der Waals surface area contributed by atoms with Crippen molar-refractivity contribution in [3.8, 4) is 0 Å². The van der Waals surface area contributed by atoms with E-state index in [4.69, 9.17) is 16.3 Å². The third kappa shape index (κ3) is 4.57. The number of nitrogens with one attached hydrogen (secondary N) is 1. The molecule has 0 aliphatic heterocycles. The molecule has 4 heteroatoms. The third-order valence-corrected chi connectivity index (χ3v) is 2.89. The Bertz CT molecular complexity index is 319. The van der Waals surface area contributed by atoms with E-state index in [9.17, 15) is 0 Å². The van der Waals surface area contributed by atoms with Crippen LogP contribution in [0.15, 0.2) is 18.2 Å². The molecule has 0 spiro atoms. The molecule has 0 fully saturated rings. The molecule has 84 valence electrons. The monoisotopic (exact) mass is 339 g/mol. The van der Waals surface area contributed by atoms with E-state index in [1.807, 2.05) is 25.1 Å². The van der Waals surface area contributed by atoms with E-state index in [1.54, 1.807) is 0 Å². The van der Waals surface area contributed by atoms with Gasteiger partial charge in [-0.15, -0.1) is 0 Å². The maximum atomic E-state index is 6.10. The van der Waals surface area contributed by atoms with Crippen molar-refractivity contribution in [2.45, 2.75) is 19.9 Å². The average molecular weight is 340 g/mol. The lowest BCUT2D eigenvalue weighted by Gasteiger charge is -2.16. The number of hydrogen-bond donors (Lipinski definition) is 1. The number of rotatable bonds is 5. The van der Waals surface area contributed by atoms with Gasteiger partial charge in [-0.2, -0.15) is 0 Å². The smallest absolute Gasteiger partial charge is 0.0664 e. The molecule has 0 aromatic heterocycles. The summed E-state index contributed by atoms with van der Waals surface area (Å²) in [6, 6.07) is 6.23. The first kappa shape index (κ1) is 13.1. The zero-order valence-corrected chi connectivity index (χ0v) is 11.8. The van der Waals surface area contributed by atoms with Gasteiger partial charge in [0.25, 0.3) is 0 Å². The van der Waals surface area contributed by atoms with Gasteiger partial charge < -0.3 is 10.1 Å². The highest BCUT2D eigenvalue weighted by Crippen LogP contribution is 2.24. The van der Waals surface area contributed by atoms with Crippen LogP contribution >= 0.6 is 34.2 Å². The van der Waals surface area contributed by atoms with Gasteiger partial charge in [-0.1, -0.05) is 11.6 Å². The minimum Gasteiger partial charge on any atom is -0.380 e. The van der Waals surface area contributed by atoms with Crippen LogP contribution < -0.4 is 5.32 Å². The van der Waals surface area contributed by atoms with Gasteiger partial charge in [-0.05, 0) is 54.6 Å². The van der Waals surface area contributed by atoms with Crippen molar-refractivity contribution in [1.29, 1.82) is 0 Å². The molecule has 0 aliphatic rings. The second-order valence-electron chi connectivity index (χ2n) is 3.33. The van der Waals surface area contributed by atoms with Crippen LogP contribution in [0, 0.1) is 3.57 Å². The Morgan fingerprint density at radius 1 is 1.53 bits per heavy atom. The molecule has 1 rings (SSSR count). The van der Waals surface area contributed by atoms with Crippen LogP contribution in [-0.4, -0.2) is 19.3 Å². The normalized spacial score (nSPS) is 12.5. The Balaban J connectivity index is 2.56. The zero-order chi connectivity index (χ0) is 11.3. The molecule has 1 unspecified atom stereocenters. The van der Waals surface area contributed by atoms with Crippen LogP contribution in [0.2, 0.25) is 5.02 Å². The van der Waals surface area contributed by atoms with Gasteiger partial charge in [0.1, 0.15) is 0 Å². The Hall–Kier alpha value is -0.0000000000000000555. The molecular weight excluding hydrogens is 324 g/mol. The lowest BCUT2D eigenvalue weighted by Crippen LogP contribution is -2.21. The van der Waals surface area contributed by atoms with Gasteiger partial charge in [-0.3, -0.25) is 0 Å². The molecule has 0 amide bonds. The molecule has 1 N–H and O–H groups in total. The third-order valence-electron chi connectivity index (χ3n) is 1.91. The number of hydrogen-bond acceptors (Lipinski definition) is 2. The van der Waals surface area contributed by atoms with Gasteiger partial charge in [-0.25, -0.2) is 0 Å². The van der Waals surface area contributed by atoms with Gasteiger partial charge in [0.05, 0.1) is 17.3 Å². The molecule has 0 radical (unpaired) electrons. The largest absolute Gasteiger partial charge is 0.380 e. The summed E-state index contributed by atoms with van der Waals surface area (Å²) in [5, 5.41) is 4.07. The molecule has 0 saturated heterocycles. The number of halogens is 2. The molecule has 0 aliphatic carbocycles. The Kier molecular flexibility index (Phi) is 5.71. The second-order valence-corrected chi connectivity index (χ2v) is 4.98. The lowest BCUT2D eigenvalue weighted by atomic mass is 10.3. The number of benzene rings is 1. The lowest BCUT2D eigenvalue weighted by molar-refractivity contribution is 0.141. The summed E-state index contributed by atoms with van der Waals surface area (Å²) in [7, 11) is 0. The first-order valence-electron chi connectivity index (χ1n) is 4.92. The molecule has 0 saturated carbocycles. The highest BCUT2D eigenvalue weighted by atomic mass is 127. The van der Waals surface area contributed by atoms with Crippen LogP contribution in [-0.2, 0) is 4.74 Å². The van der Waals surface area contributed by atoms with E-state index < -0.39 is 0 Å². The number of ether oxygens (including phenoxy) is 1. The predicted molar refractivity (Wildman–Crippen MR) is 73.7 cm³/mol. The fraction of sp³-hybridized carbons (Fsp3) is 0.455. The quantitative estimate of drug-likeness (QED) is 0.824. The van der Waals surface area contributed by atoms with Crippen molar-refractivity contribution >= 4 is 39.9 Å². The standard InChI is InChI=1S/C11H15ClINO/c1-3-15-7-8(2)14-11-5-4-9(13)6-10(11)12/h4-6,8,14H,3,7H2,1-2H3. The first-order valence-corrected chi connectivity index (χ1v) is 6.38. The summed E-state index contributed by atoms with van der Waals surface area (Å²) in [5.74, 6) is 0. The average Bonchev–Trinajstić information content (AvgIpc) is 2.19. The molecule has 1 aromatic carbocycles. The summed E-state index contributed by atoms with van der Waals surface area (Å²) in [4.78, 5) is 0. The fourth-order valence-corrected chi connectivity index (χ4v) is 2.12. The summed E-state index contributed by atoms with van der Waals surface area (Å²) >= 11 is 8.34. The Morgan fingerprint density at radius 2 is 2.27 bits per heavy atom. The molecule has 1 atom stereocenters. The van der Waals surface area contributed by atoms with Crippen molar-refractivity contribution in [2.75, 3.05) is 18.5 Å². The topological polar surface area (TPSA) is 21.3 Å². The van der Waals surface area contributed by atoms with Crippen LogP contribution in [0.4, 0.5) is 5.69 Å². The van der Waals surface area contributed by atoms with E-state index >= 15 is 0 Å². The fourth-order valence-electron chi connectivity index (χ4n) is 1.21. The van der Waals surface area contributed by atoms with Crippen LogP contribution in [0.3, 0.4) is 0 Å². The minimum absolute atomic E-state index is 0.266. The van der Waals surface area contributed by atoms with Crippen LogP contribution in [0.1, 0.15) is 13.8 Å². The highest BCUT2D eigenvalue weighted by molar-refractivity contribution is 14.1. The zero-order valence-electron chi connectivity index (χ0n) is 8.89. The van der Waals surface area contributed by atoms with Gasteiger partial charge in [0.15, 0.2) is 0 Å². The number of anilines is 1. The summed E-state index contributed by atoms with van der Waals surface area (Å²) in [5.41, 5.74) is 0.962. The SMILES string of the molecule is CCOCC(C)Nc1ccc(I)cc1Cl. The van der Waals surface area contributed by atoms with Crippen LogP contribution in [0.25, 0.3) is 0 Å². The van der Waals surface area contributed by atoms with Crippen molar-refractivity contribution in [3.05, 3.63) is 26.8 Å². The molecular formula is C11H15ClINO. The minimum atomic E-state index is 0.266. The molecule has 1 aromatic rings. The Morgan fingerprint density at radius 3 is 2.87 bits per heavy atom. The second kappa shape index (κ2) is 6.55. The maximum absolute atomic E-state index is 6.10. The molecule has 0 bridgehead atoms. The van der Waals surface area contributed by atoms with E-state index in [0.717, 1.165) is 20.9 Å².